The maximum atomic E-state index is 14.0. The summed E-state index contributed by atoms with van der Waals surface area (Å²) in [5, 5.41) is 8.30. The highest BCUT2D eigenvalue weighted by Crippen LogP contribution is 2.58. The van der Waals surface area contributed by atoms with Gasteiger partial charge in [-0.3, -0.25) is 9.59 Å². The topological polar surface area (TPSA) is 183 Å². The Bertz CT molecular complexity index is 2040. The lowest BCUT2D eigenvalue weighted by atomic mass is 9.51. The number of carbonyl (C=O) groups excluding carboxylic acids is 4. The van der Waals surface area contributed by atoms with E-state index in [1.807, 2.05) is 62.2 Å². The van der Waals surface area contributed by atoms with Gasteiger partial charge in [-0.15, -0.1) is 0 Å². The normalized spacial score (nSPS) is 23.1. The Balaban J connectivity index is 0.985. The van der Waals surface area contributed by atoms with Gasteiger partial charge in [0.05, 0.1) is 38.2 Å². The van der Waals surface area contributed by atoms with Crippen LogP contribution in [0.3, 0.4) is 0 Å². The summed E-state index contributed by atoms with van der Waals surface area (Å²) in [6.07, 6.45) is 10.6. The average molecular weight is 779 g/mol. The number of fused-ring (bicyclic) bond motifs is 3. The number of amides is 4. The smallest absolute Gasteiger partial charge is 0.407 e. The van der Waals surface area contributed by atoms with E-state index in [0.29, 0.717) is 17.9 Å². The maximum absolute atomic E-state index is 14.0. The second-order valence-electron chi connectivity index (χ2n) is 16.3. The van der Waals surface area contributed by atoms with Crippen molar-refractivity contribution >= 4 is 24.0 Å². The average Bonchev–Trinajstić information content (AvgIpc) is 4.05. The number of nitrogens with one attached hydrogen (secondary N) is 5. The highest BCUT2D eigenvalue weighted by atomic mass is 16.5. The van der Waals surface area contributed by atoms with Crippen LogP contribution in [0.4, 0.5) is 9.59 Å². The second-order valence-corrected chi connectivity index (χ2v) is 16.3. The van der Waals surface area contributed by atoms with Crippen molar-refractivity contribution in [2.45, 2.75) is 107 Å². The summed E-state index contributed by atoms with van der Waals surface area (Å²) in [7, 11) is 2.57. The summed E-state index contributed by atoms with van der Waals surface area (Å²) in [4.78, 5) is 69.4. The molecule has 4 atom stereocenters. The lowest BCUT2D eigenvalue weighted by Crippen LogP contribution is -2.50. The van der Waals surface area contributed by atoms with Crippen LogP contribution in [0.25, 0.3) is 11.3 Å². The molecule has 5 N–H and O–H groups in total. The number of benzene rings is 2. The molecule has 4 aliphatic rings. The minimum Gasteiger partial charge on any atom is -0.453 e. The molecule has 4 amide bonds. The fourth-order valence-corrected chi connectivity index (χ4v) is 9.19. The largest absolute Gasteiger partial charge is 0.453 e. The van der Waals surface area contributed by atoms with Crippen molar-refractivity contribution in [2.24, 2.45) is 5.92 Å². The number of nitrogens with zero attached hydrogens (tertiary/aromatic N) is 3. The first-order valence-electron chi connectivity index (χ1n) is 20.0. The third kappa shape index (κ3) is 7.99. The Kier molecular flexibility index (Phi) is 11.4. The molecule has 2 aromatic carbocycles. The summed E-state index contributed by atoms with van der Waals surface area (Å²) in [6.45, 7) is 6.17. The van der Waals surface area contributed by atoms with Gasteiger partial charge in [-0.1, -0.05) is 68.4 Å². The maximum Gasteiger partial charge on any atom is 0.407 e. The van der Waals surface area contributed by atoms with Crippen LogP contribution in [0.15, 0.2) is 67.0 Å². The number of hydrogen-bond donors (Lipinski definition) is 5. The van der Waals surface area contributed by atoms with Crippen LogP contribution in [0, 0.1) is 5.92 Å². The molecule has 14 heteroatoms. The number of H-pyrrole nitrogens is 2. The predicted molar refractivity (Wildman–Crippen MR) is 213 cm³/mol. The van der Waals surface area contributed by atoms with Crippen molar-refractivity contribution in [1.29, 1.82) is 0 Å². The van der Waals surface area contributed by atoms with Gasteiger partial charge in [0.15, 0.2) is 0 Å². The molecule has 57 heavy (non-hydrogen) atoms. The molecule has 3 heterocycles. The molecule has 3 saturated carbocycles. The van der Waals surface area contributed by atoms with Gasteiger partial charge in [0.1, 0.15) is 23.7 Å². The summed E-state index contributed by atoms with van der Waals surface area (Å²) < 4.78 is 9.54. The Morgan fingerprint density at radius 3 is 2.09 bits per heavy atom. The van der Waals surface area contributed by atoms with Gasteiger partial charge in [0.2, 0.25) is 5.91 Å². The summed E-state index contributed by atoms with van der Waals surface area (Å²) >= 11 is 0. The number of ether oxygens (including phenoxy) is 2. The molecule has 1 aliphatic heterocycles. The molecule has 2 aromatic heterocycles. The third-order valence-corrected chi connectivity index (χ3v) is 12.7. The van der Waals surface area contributed by atoms with Gasteiger partial charge in [0, 0.05) is 23.9 Å². The molecule has 8 rings (SSSR count). The lowest BCUT2D eigenvalue weighted by Gasteiger charge is -2.53. The minimum absolute atomic E-state index is 0.0301. The summed E-state index contributed by atoms with van der Waals surface area (Å²) in [5.41, 5.74) is 5.26. The number of aromatic nitrogens is 4. The Hall–Kier alpha value is -5.66. The quantitative estimate of drug-likeness (QED) is 0.106. The second kappa shape index (κ2) is 16.4. The van der Waals surface area contributed by atoms with E-state index in [-0.39, 0.29) is 34.6 Å². The predicted octanol–water partition coefficient (Wildman–Crippen LogP) is 6.66. The standard InChI is InChI=1S/C43H54N8O6/c1-26(2)34(49-40(54)56-4)38(52)46-27(3)36-44-24-31(47-36)28-13-15-30(16-14-28)42-17-20-43(21-18-42,22-19-42)33-25-45-37(48-33)32-12-9-23-51(32)39(53)35(50-41(55)57-5)29-10-7-6-8-11-29/h6-8,10-11,13-16,24-27,32,34-35H,9,12,17-23H2,1-5H3,(H,44,47)(H,45,48)(H,46,52)(H,49,54)(H,50,55)/t27-,32-,34-,35+,42?,43?/m0/s1. The van der Waals surface area contributed by atoms with E-state index in [1.165, 1.54) is 19.8 Å². The number of imidazole rings is 2. The number of methoxy groups -OCH3 is 2. The van der Waals surface area contributed by atoms with Crippen LogP contribution in [-0.4, -0.2) is 75.6 Å². The monoisotopic (exact) mass is 778 g/mol. The van der Waals surface area contributed by atoms with E-state index in [4.69, 9.17) is 9.72 Å². The Morgan fingerprint density at radius 2 is 1.44 bits per heavy atom. The SMILES string of the molecule is COC(=O)N[C@H](C(=O)N[C@@H](C)c1ncc(-c2ccc(C34CCC(c5cnc([C@@H]6CCCN6C(=O)[C@H](NC(=O)OC)c6ccccc6)[nH]5)(CC3)CC4)cc2)[nH]1)C(C)C. The van der Waals surface area contributed by atoms with Crippen LogP contribution >= 0.6 is 0 Å². The third-order valence-electron chi connectivity index (χ3n) is 12.7. The zero-order valence-electron chi connectivity index (χ0n) is 33.4. The molecular formula is C43H54N8O6. The molecular weight excluding hydrogens is 725 g/mol. The highest BCUT2D eigenvalue weighted by Gasteiger charge is 2.51. The number of alkyl carbamates (subject to hydrolysis) is 2. The van der Waals surface area contributed by atoms with Gasteiger partial charge in [-0.25, -0.2) is 19.6 Å². The Labute approximate surface area is 333 Å². The number of rotatable bonds is 12. The first kappa shape index (κ1) is 39.6. The number of hydrogen-bond acceptors (Lipinski definition) is 8. The minimum atomic E-state index is -0.853. The van der Waals surface area contributed by atoms with Gasteiger partial charge in [0.25, 0.3) is 5.91 Å². The number of likely N-dealkylation sites (tertiary alicyclic amines) is 1. The fraction of sp³-hybridized carbons (Fsp3) is 0.488. The van der Waals surface area contributed by atoms with Crippen molar-refractivity contribution in [3.8, 4) is 11.3 Å². The summed E-state index contributed by atoms with van der Waals surface area (Å²) in [5.74, 6) is 0.822. The van der Waals surface area contributed by atoms with Gasteiger partial charge < -0.3 is 40.3 Å². The van der Waals surface area contributed by atoms with Crippen LogP contribution < -0.4 is 16.0 Å². The molecule has 0 spiro atoms. The zero-order chi connectivity index (χ0) is 40.3. The molecule has 1 saturated heterocycles. The molecule has 3 aliphatic carbocycles. The van der Waals surface area contributed by atoms with Crippen molar-refractivity contribution in [3.63, 3.8) is 0 Å². The van der Waals surface area contributed by atoms with Crippen LogP contribution in [0.1, 0.15) is 119 Å². The van der Waals surface area contributed by atoms with Gasteiger partial charge in [-0.2, -0.15) is 0 Å². The molecule has 4 fully saturated rings. The molecule has 302 valence electrons. The first-order valence-corrected chi connectivity index (χ1v) is 20.0. The van der Waals surface area contributed by atoms with Crippen LogP contribution in [0.5, 0.6) is 0 Å². The van der Waals surface area contributed by atoms with E-state index in [2.05, 4.69) is 59.9 Å². The lowest BCUT2D eigenvalue weighted by molar-refractivity contribution is -0.134. The van der Waals surface area contributed by atoms with E-state index >= 15 is 0 Å². The van der Waals surface area contributed by atoms with Gasteiger partial charge in [-0.05, 0) is 86.3 Å². The zero-order valence-corrected chi connectivity index (χ0v) is 33.4. The molecule has 0 radical (unpaired) electrons. The molecule has 2 bridgehead atoms. The van der Waals surface area contributed by atoms with Crippen molar-refractivity contribution in [2.75, 3.05) is 20.8 Å². The van der Waals surface area contributed by atoms with E-state index in [1.54, 1.807) is 6.20 Å². The van der Waals surface area contributed by atoms with Crippen molar-refractivity contribution in [1.82, 2.24) is 40.8 Å². The van der Waals surface area contributed by atoms with Crippen LogP contribution in [0.2, 0.25) is 0 Å². The van der Waals surface area contributed by atoms with E-state index in [0.717, 1.165) is 74.1 Å². The fourth-order valence-electron chi connectivity index (χ4n) is 9.19. The van der Waals surface area contributed by atoms with Crippen molar-refractivity contribution in [3.05, 3.63) is 95.5 Å². The first-order chi connectivity index (χ1) is 27.5. The molecule has 14 nitrogen and oxygen atoms in total. The highest BCUT2D eigenvalue weighted by molar-refractivity contribution is 5.87. The number of carbonyl (C=O) groups is 4. The number of aromatic amines is 2. The Morgan fingerprint density at radius 1 is 0.789 bits per heavy atom. The van der Waals surface area contributed by atoms with Crippen molar-refractivity contribution < 1.29 is 28.7 Å². The summed E-state index contributed by atoms with van der Waals surface area (Å²) in [6, 6.07) is 15.9. The van der Waals surface area contributed by atoms with E-state index in [9.17, 15) is 19.2 Å². The van der Waals surface area contributed by atoms with Crippen LogP contribution in [-0.2, 0) is 29.9 Å². The molecule has 4 aromatic rings. The molecule has 0 unspecified atom stereocenters. The van der Waals surface area contributed by atoms with Gasteiger partial charge >= 0.3 is 12.2 Å². The van der Waals surface area contributed by atoms with E-state index < -0.39 is 30.3 Å².